The maximum Gasteiger partial charge on any atom is 0.250 e. The molecule has 0 radical (unpaired) electrons. The zero-order chi connectivity index (χ0) is 20.9. The van der Waals surface area contributed by atoms with Crippen molar-refractivity contribution >= 4 is 5.96 Å². The van der Waals surface area contributed by atoms with Gasteiger partial charge in [0.15, 0.2) is 5.96 Å². The molecule has 0 spiro atoms. The highest BCUT2D eigenvalue weighted by atomic mass is 16.5. The Morgan fingerprint density at radius 1 is 1.03 bits per heavy atom. The van der Waals surface area contributed by atoms with Crippen LogP contribution in [0.3, 0.4) is 0 Å². The number of aryl methyl sites for hydroxylation is 1. The molecular formula is C23H34N4O2. The van der Waals surface area contributed by atoms with Gasteiger partial charge in [-0.15, -0.1) is 0 Å². The molecular weight excluding hydrogens is 364 g/mol. The maximum atomic E-state index is 11.9. The van der Waals surface area contributed by atoms with Crippen LogP contribution in [0.15, 0.2) is 58.3 Å². The number of pyridine rings is 1. The van der Waals surface area contributed by atoms with E-state index in [4.69, 9.17) is 4.74 Å². The summed E-state index contributed by atoms with van der Waals surface area (Å²) in [4.78, 5) is 16.1. The highest BCUT2D eigenvalue weighted by Crippen LogP contribution is 2.15. The highest BCUT2D eigenvalue weighted by molar-refractivity contribution is 5.79. The number of ether oxygens (including phenoxy) is 1. The van der Waals surface area contributed by atoms with Gasteiger partial charge in [-0.05, 0) is 44.7 Å². The van der Waals surface area contributed by atoms with Crippen molar-refractivity contribution in [1.82, 2.24) is 15.2 Å². The maximum absolute atomic E-state index is 11.9. The first-order valence-corrected chi connectivity index (χ1v) is 10.4. The summed E-state index contributed by atoms with van der Waals surface area (Å²) in [5.74, 6) is 0.800. The van der Waals surface area contributed by atoms with Crippen molar-refractivity contribution in [2.45, 2.75) is 45.8 Å². The van der Waals surface area contributed by atoms with Crippen molar-refractivity contribution < 1.29 is 4.74 Å². The second kappa shape index (κ2) is 12.8. The number of aromatic nitrogens is 1. The minimum atomic E-state index is 0.0687. The lowest BCUT2D eigenvalue weighted by atomic mass is 10.1. The predicted octanol–water partition coefficient (Wildman–Crippen LogP) is 3.27. The molecule has 1 aromatic heterocycles. The van der Waals surface area contributed by atoms with E-state index in [9.17, 15) is 4.79 Å². The van der Waals surface area contributed by atoms with Crippen LogP contribution in [0.5, 0.6) is 0 Å². The highest BCUT2D eigenvalue weighted by Gasteiger charge is 2.04. The molecule has 6 heteroatoms. The molecule has 0 fully saturated rings. The average Bonchev–Trinajstić information content (AvgIpc) is 2.74. The molecule has 1 unspecified atom stereocenters. The number of hydrogen-bond donors (Lipinski definition) is 2. The zero-order valence-electron chi connectivity index (χ0n) is 17.9. The summed E-state index contributed by atoms with van der Waals surface area (Å²) in [5.41, 5.74) is 2.27. The molecule has 0 amide bonds. The number of benzene rings is 1. The quantitative estimate of drug-likeness (QED) is 0.346. The molecule has 0 bridgehead atoms. The number of aliphatic imine (C=N–C) groups is 1. The molecule has 0 aliphatic carbocycles. The SMILES string of the molecule is CN=C(NCCCCn1c(C)cccc1=O)NCCCOC(C)c1ccccc1. The first kappa shape index (κ1) is 22.7. The van der Waals surface area contributed by atoms with Gasteiger partial charge in [-0.3, -0.25) is 9.79 Å². The third-order valence-corrected chi connectivity index (χ3v) is 4.84. The molecule has 1 aromatic carbocycles. The lowest BCUT2D eigenvalue weighted by Gasteiger charge is -2.15. The Bertz CT molecular complexity index is 802. The molecule has 0 aliphatic rings. The molecule has 0 saturated carbocycles. The molecule has 158 valence electrons. The summed E-state index contributed by atoms with van der Waals surface area (Å²) in [7, 11) is 1.77. The second-order valence-electron chi connectivity index (χ2n) is 7.07. The normalized spacial score (nSPS) is 12.6. The van der Waals surface area contributed by atoms with Crippen LogP contribution >= 0.6 is 0 Å². The third-order valence-electron chi connectivity index (χ3n) is 4.84. The van der Waals surface area contributed by atoms with Crippen molar-refractivity contribution in [3.8, 4) is 0 Å². The fourth-order valence-corrected chi connectivity index (χ4v) is 3.09. The smallest absolute Gasteiger partial charge is 0.250 e. The molecule has 6 nitrogen and oxygen atoms in total. The Morgan fingerprint density at radius 2 is 1.76 bits per heavy atom. The van der Waals surface area contributed by atoms with Crippen molar-refractivity contribution in [1.29, 1.82) is 0 Å². The third kappa shape index (κ3) is 8.11. The predicted molar refractivity (Wildman–Crippen MR) is 119 cm³/mol. The summed E-state index contributed by atoms with van der Waals surface area (Å²) >= 11 is 0. The fourth-order valence-electron chi connectivity index (χ4n) is 3.09. The van der Waals surface area contributed by atoms with Crippen molar-refractivity contribution in [3.05, 3.63) is 70.1 Å². The van der Waals surface area contributed by atoms with E-state index < -0.39 is 0 Å². The standard InChI is InChI=1S/C23H34N4O2/c1-19-11-9-14-22(28)27(19)17-8-7-15-25-23(24-3)26-16-10-18-29-20(2)21-12-5-4-6-13-21/h4-6,9,11-14,20H,7-8,10,15-18H2,1-3H3,(H2,24,25,26). The summed E-state index contributed by atoms with van der Waals surface area (Å²) in [6, 6.07) is 15.6. The van der Waals surface area contributed by atoms with Gasteiger partial charge in [-0.1, -0.05) is 36.4 Å². The summed E-state index contributed by atoms with van der Waals surface area (Å²) in [6.07, 6.45) is 2.93. The molecule has 1 atom stereocenters. The van der Waals surface area contributed by atoms with Crippen LogP contribution in [-0.4, -0.2) is 37.3 Å². The first-order valence-electron chi connectivity index (χ1n) is 10.4. The minimum Gasteiger partial charge on any atom is -0.374 e. The van der Waals surface area contributed by atoms with Crippen LogP contribution in [0.2, 0.25) is 0 Å². The molecule has 2 N–H and O–H groups in total. The largest absolute Gasteiger partial charge is 0.374 e. The van der Waals surface area contributed by atoms with Gasteiger partial charge in [0.1, 0.15) is 0 Å². The topological polar surface area (TPSA) is 67.7 Å². The fraction of sp³-hybridized carbons (Fsp3) is 0.478. The van der Waals surface area contributed by atoms with Gasteiger partial charge in [0.25, 0.3) is 5.56 Å². The van der Waals surface area contributed by atoms with Gasteiger partial charge in [0.05, 0.1) is 6.10 Å². The lowest BCUT2D eigenvalue weighted by molar-refractivity contribution is 0.0646. The Labute approximate surface area is 174 Å². The van der Waals surface area contributed by atoms with Crippen molar-refractivity contribution in [2.24, 2.45) is 4.99 Å². The van der Waals surface area contributed by atoms with Gasteiger partial charge in [-0.2, -0.15) is 0 Å². The zero-order valence-corrected chi connectivity index (χ0v) is 17.9. The van der Waals surface area contributed by atoms with Crippen LogP contribution in [0.25, 0.3) is 0 Å². The van der Waals surface area contributed by atoms with E-state index in [0.717, 1.165) is 50.6 Å². The van der Waals surface area contributed by atoms with Crippen LogP contribution in [-0.2, 0) is 11.3 Å². The number of rotatable bonds is 11. The number of unbranched alkanes of at least 4 members (excludes halogenated alkanes) is 1. The van der Waals surface area contributed by atoms with Crippen LogP contribution < -0.4 is 16.2 Å². The summed E-state index contributed by atoms with van der Waals surface area (Å²) in [5, 5.41) is 6.63. The van der Waals surface area contributed by atoms with Crippen molar-refractivity contribution in [2.75, 3.05) is 26.7 Å². The van der Waals surface area contributed by atoms with Gasteiger partial charge in [-0.25, -0.2) is 0 Å². The molecule has 0 saturated heterocycles. The average molecular weight is 399 g/mol. The van der Waals surface area contributed by atoms with E-state index in [1.54, 1.807) is 19.2 Å². The number of guanidine groups is 1. The van der Waals surface area contributed by atoms with E-state index in [1.807, 2.05) is 35.8 Å². The van der Waals surface area contributed by atoms with E-state index in [0.29, 0.717) is 6.61 Å². The van der Waals surface area contributed by atoms with E-state index >= 15 is 0 Å². The van der Waals surface area contributed by atoms with E-state index in [2.05, 4.69) is 34.7 Å². The van der Waals surface area contributed by atoms with Gasteiger partial charge >= 0.3 is 0 Å². The number of hydrogen-bond acceptors (Lipinski definition) is 3. The van der Waals surface area contributed by atoms with E-state index in [1.165, 1.54) is 5.56 Å². The first-order chi connectivity index (χ1) is 14.1. The molecule has 0 aliphatic heterocycles. The van der Waals surface area contributed by atoms with Crippen LogP contribution in [0, 0.1) is 6.92 Å². The molecule has 2 aromatic rings. The molecule has 1 heterocycles. The van der Waals surface area contributed by atoms with Gasteiger partial charge in [0.2, 0.25) is 0 Å². The van der Waals surface area contributed by atoms with Crippen LogP contribution in [0.1, 0.15) is 43.5 Å². The Kier molecular flexibility index (Phi) is 10.00. The second-order valence-corrected chi connectivity index (χ2v) is 7.07. The number of nitrogens with one attached hydrogen (secondary N) is 2. The molecule has 2 rings (SSSR count). The monoisotopic (exact) mass is 398 g/mol. The van der Waals surface area contributed by atoms with Gasteiger partial charge < -0.3 is 19.9 Å². The van der Waals surface area contributed by atoms with E-state index in [-0.39, 0.29) is 11.7 Å². The Hall–Kier alpha value is -2.60. The lowest BCUT2D eigenvalue weighted by Crippen LogP contribution is -2.38. The van der Waals surface area contributed by atoms with Crippen molar-refractivity contribution in [3.63, 3.8) is 0 Å². The van der Waals surface area contributed by atoms with Gasteiger partial charge in [0, 0.05) is 45.0 Å². The Balaban J connectivity index is 1.55. The van der Waals surface area contributed by atoms with Crippen LogP contribution in [0.4, 0.5) is 0 Å². The summed E-state index contributed by atoms with van der Waals surface area (Å²) in [6.45, 7) is 7.12. The minimum absolute atomic E-state index is 0.0687. The summed E-state index contributed by atoms with van der Waals surface area (Å²) < 4.78 is 7.71. The number of nitrogens with zero attached hydrogens (tertiary/aromatic N) is 2. The molecule has 29 heavy (non-hydrogen) atoms. The Morgan fingerprint density at radius 3 is 2.45 bits per heavy atom.